The summed E-state index contributed by atoms with van der Waals surface area (Å²) < 4.78 is 4.96. The molecule has 5 nitrogen and oxygen atoms in total. The van der Waals surface area contributed by atoms with Crippen LogP contribution in [0.25, 0.3) is 6.08 Å². The number of unbranched alkanes of at least 4 members (excludes halogenated alkanes) is 1. The quantitative estimate of drug-likeness (QED) is 0.606. The Labute approximate surface area is 111 Å². The minimum atomic E-state index is -1.01. The molecule has 0 atom stereocenters. The van der Waals surface area contributed by atoms with Crippen LogP contribution < -0.4 is 4.74 Å². The lowest BCUT2D eigenvalue weighted by atomic mass is 10.0. The molecule has 0 saturated carbocycles. The highest BCUT2D eigenvalue weighted by molar-refractivity contribution is 5.92. The molecule has 1 aromatic rings. The highest BCUT2D eigenvalue weighted by Gasteiger charge is 2.08. The predicted molar refractivity (Wildman–Crippen MR) is 69.7 cm³/mol. The summed E-state index contributed by atoms with van der Waals surface area (Å²) in [6, 6.07) is 6.58. The third-order valence-corrected chi connectivity index (χ3v) is 2.55. The Morgan fingerprint density at radius 2 is 2.26 bits per heavy atom. The van der Waals surface area contributed by atoms with E-state index < -0.39 is 5.97 Å². The number of aliphatic carboxylic acids is 1. The summed E-state index contributed by atoms with van der Waals surface area (Å²) in [5.41, 5.74) is 0.854. The molecule has 1 rings (SSSR count). The zero-order chi connectivity index (χ0) is 14.3. The van der Waals surface area contributed by atoms with Gasteiger partial charge in [-0.05, 0) is 36.6 Å². The first kappa shape index (κ1) is 14.6. The third kappa shape index (κ3) is 4.36. The number of nitriles is 1. The van der Waals surface area contributed by atoms with Crippen LogP contribution in [0.15, 0.2) is 23.8 Å². The minimum Gasteiger partial charge on any atom is -0.504 e. The van der Waals surface area contributed by atoms with Crippen molar-refractivity contribution in [2.75, 3.05) is 7.11 Å². The Kier molecular flexibility index (Phi) is 5.42. The van der Waals surface area contributed by atoms with E-state index >= 15 is 0 Å². The van der Waals surface area contributed by atoms with Gasteiger partial charge < -0.3 is 14.9 Å². The molecule has 0 aliphatic rings. The van der Waals surface area contributed by atoms with Gasteiger partial charge in [-0.1, -0.05) is 6.07 Å². The number of carboxylic acid groups (broad SMARTS) is 1. The molecule has 2 N–H and O–H groups in total. The Bertz CT molecular complexity index is 529. The first-order valence-electron chi connectivity index (χ1n) is 5.76. The van der Waals surface area contributed by atoms with Crippen molar-refractivity contribution in [1.29, 1.82) is 5.26 Å². The highest BCUT2D eigenvalue weighted by Crippen LogP contribution is 2.27. The molecule has 0 amide bonds. The molecule has 19 heavy (non-hydrogen) atoms. The van der Waals surface area contributed by atoms with E-state index in [2.05, 4.69) is 0 Å². The number of nitrogens with zero attached hydrogens (tertiary/aromatic N) is 1. The average molecular weight is 261 g/mol. The normalized spacial score (nSPS) is 10.8. The van der Waals surface area contributed by atoms with E-state index in [1.165, 1.54) is 19.3 Å². The molecule has 0 unspecified atom stereocenters. The molecule has 0 bridgehead atoms. The Hall–Kier alpha value is -2.48. The van der Waals surface area contributed by atoms with Crippen molar-refractivity contribution in [2.24, 2.45) is 0 Å². The van der Waals surface area contributed by atoms with Gasteiger partial charge in [-0.3, -0.25) is 0 Å². The lowest BCUT2D eigenvalue weighted by Crippen LogP contribution is -2.00. The largest absolute Gasteiger partial charge is 0.504 e. The molecule has 0 saturated heterocycles. The first-order chi connectivity index (χ1) is 9.08. The number of carbonyl (C=O) groups is 1. The molecule has 1 aromatic carbocycles. The molecule has 5 heteroatoms. The fraction of sp³-hybridized carbons (Fsp3) is 0.286. The maximum atomic E-state index is 11.1. The summed E-state index contributed by atoms with van der Waals surface area (Å²) in [5, 5.41) is 27.0. The minimum absolute atomic E-state index is 0.000931. The highest BCUT2D eigenvalue weighted by atomic mass is 16.5. The Balaban J connectivity index is 2.95. The van der Waals surface area contributed by atoms with E-state index in [1.807, 2.05) is 6.07 Å². The molecule has 0 aliphatic heterocycles. The van der Waals surface area contributed by atoms with Crippen LogP contribution in [0.2, 0.25) is 0 Å². The van der Waals surface area contributed by atoms with Crippen molar-refractivity contribution < 1.29 is 19.7 Å². The summed E-state index contributed by atoms with van der Waals surface area (Å²) in [4.78, 5) is 11.1. The van der Waals surface area contributed by atoms with Crippen molar-refractivity contribution in [3.05, 3.63) is 29.3 Å². The van der Waals surface area contributed by atoms with Gasteiger partial charge in [0.2, 0.25) is 0 Å². The second kappa shape index (κ2) is 7.07. The zero-order valence-corrected chi connectivity index (χ0v) is 10.6. The number of benzene rings is 1. The van der Waals surface area contributed by atoms with Crippen LogP contribution in [-0.4, -0.2) is 23.3 Å². The maximum Gasteiger partial charge on any atom is 0.331 e. The monoisotopic (exact) mass is 261 g/mol. The zero-order valence-electron chi connectivity index (χ0n) is 10.6. The molecule has 0 fully saturated rings. The molecule has 0 aliphatic carbocycles. The van der Waals surface area contributed by atoms with E-state index in [1.54, 1.807) is 12.1 Å². The predicted octanol–water partition coefficient (Wildman–Crippen LogP) is 2.56. The van der Waals surface area contributed by atoms with Gasteiger partial charge in [0.25, 0.3) is 0 Å². The topological polar surface area (TPSA) is 90.5 Å². The third-order valence-electron chi connectivity index (χ3n) is 2.55. The second-order valence-corrected chi connectivity index (χ2v) is 3.92. The number of phenolic OH excluding ortho intramolecular Hbond substituents is 1. The molecule has 0 radical (unpaired) electrons. The fourth-order valence-corrected chi connectivity index (χ4v) is 1.58. The number of hydrogen-bond donors (Lipinski definition) is 2. The van der Waals surface area contributed by atoms with Gasteiger partial charge in [0.05, 0.1) is 13.2 Å². The molecular formula is C14H15NO4. The van der Waals surface area contributed by atoms with E-state index in [-0.39, 0.29) is 17.1 Å². The van der Waals surface area contributed by atoms with E-state index in [9.17, 15) is 9.90 Å². The smallest absolute Gasteiger partial charge is 0.331 e. The van der Waals surface area contributed by atoms with Gasteiger partial charge in [-0.25, -0.2) is 4.79 Å². The SMILES string of the molecule is COc1cc(C=C(CCCC#N)C(=O)O)ccc1O. The van der Waals surface area contributed by atoms with Gasteiger partial charge in [0.1, 0.15) is 0 Å². The van der Waals surface area contributed by atoms with Crippen LogP contribution in [0.1, 0.15) is 24.8 Å². The number of hydrogen-bond acceptors (Lipinski definition) is 4. The van der Waals surface area contributed by atoms with Crippen LogP contribution in [-0.2, 0) is 4.79 Å². The summed E-state index contributed by atoms with van der Waals surface area (Å²) >= 11 is 0. The molecular weight excluding hydrogens is 246 g/mol. The summed E-state index contributed by atoms with van der Waals surface area (Å²) in [5.74, 6) is -0.721. The van der Waals surface area contributed by atoms with Crippen molar-refractivity contribution >= 4 is 12.0 Å². The lowest BCUT2D eigenvalue weighted by Gasteiger charge is -2.05. The van der Waals surface area contributed by atoms with E-state index in [0.29, 0.717) is 24.8 Å². The fourth-order valence-electron chi connectivity index (χ4n) is 1.58. The average Bonchev–Trinajstić information content (AvgIpc) is 2.39. The van der Waals surface area contributed by atoms with Crippen LogP contribution >= 0.6 is 0 Å². The van der Waals surface area contributed by atoms with Crippen molar-refractivity contribution in [3.8, 4) is 17.6 Å². The Morgan fingerprint density at radius 3 is 2.84 bits per heavy atom. The standard InChI is InChI=1S/C14H15NO4/c1-19-13-9-10(5-6-12(13)16)8-11(14(17)18)4-2-3-7-15/h5-6,8-9,16H,2-4H2,1H3,(H,17,18). The van der Waals surface area contributed by atoms with Gasteiger partial charge in [-0.2, -0.15) is 5.26 Å². The molecule has 0 spiro atoms. The van der Waals surface area contributed by atoms with Crippen LogP contribution in [0.4, 0.5) is 0 Å². The number of ether oxygens (including phenoxy) is 1. The molecule has 0 heterocycles. The van der Waals surface area contributed by atoms with Crippen molar-refractivity contribution in [1.82, 2.24) is 0 Å². The van der Waals surface area contributed by atoms with Crippen LogP contribution in [0.3, 0.4) is 0 Å². The first-order valence-corrected chi connectivity index (χ1v) is 5.76. The van der Waals surface area contributed by atoms with Gasteiger partial charge in [0, 0.05) is 12.0 Å². The van der Waals surface area contributed by atoms with Crippen molar-refractivity contribution in [3.63, 3.8) is 0 Å². The summed E-state index contributed by atoms with van der Waals surface area (Å²) in [6.07, 6.45) is 2.67. The second-order valence-electron chi connectivity index (χ2n) is 3.92. The summed E-state index contributed by atoms with van der Waals surface area (Å²) in [7, 11) is 1.42. The van der Waals surface area contributed by atoms with Gasteiger partial charge >= 0.3 is 5.97 Å². The number of methoxy groups -OCH3 is 1. The number of phenols is 1. The number of aromatic hydroxyl groups is 1. The summed E-state index contributed by atoms with van der Waals surface area (Å²) in [6.45, 7) is 0. The number of rotatable bonds is 6. The molecule has 0 aromatic heterocycles. The van der Waals surface area contributed by atoms with Crippen LogP contribution in [0.5, 0.6) is 11.5 Å². The van der Waals surface area contributed by atoms with E-state index in [0.717, 1.165) is 0 Å². The Morgan fingerprint density at radius 1 is 1.53 bits per heavy atom. The van der Waals surface area contributed by atoms with E-state index in [4.69, 9.17) is 15.1 Å². The lowest BCUT2D eigenvalue weighted by molar-refractivity contribution is -0.132. The van der Waals surface area contributed by atoms with Crippen molar-refractivity contribution in [2.45, 2.75) is 19.3 Å². The van der Waals surface area contributed by atoms with Gasteiger partial charge in [0.15, 0.2) is 11.5 Å². The van der Waals surface area contributed by atoms with Crippen LogP contribution in [0, 0.1) is 11.3 Å². The molecule has 100 valence electrons. The van der Waals surface area contributed by atoms with Gasteiger partial charge in [-0.15, -0.1) is 0 Å². The maximum absolute atomic E-state index is 11.1. The number of carboxylic acids is 1.